The number of epoxide rings is 1. The van der Waals surface area contributed by atoms with E-state index in [4.69, 9.17) is 9.84 Å². The van der Waals surface area contributed by atoms with Crippen LogP contribution in [0.2, 0.25) is 0 Å². The van der Waals surface area contributed by atoms with Gasteiger partial charge in [0.2, 0.25) is 0 Å². The molecule has 1 fully saturated rings. The average Bonchev–Trinajstić information content (AvgIpc) is 2.98. The molecule has 0 saturated carbocycles. The molecule has 0 radical (unpaired) electrons. The Balaban J connectivity index is 1.78. The van der Waals surface area contributed by atoms with Crippen LogP contribution in [0.5, 0.6) is 0 Å². The maximum absolute atomic E-state index is 8.74. The van der Waals surface area contributed by atoms with Crippen molar-refractivity contribution < 1.29 is 9.84 Å². The van der Waals surface area contributed by atoms with E-state index in [9.17, 15) is 0 Å². The van der Waals surface area contributed by atoms with Gasteiger partial charge in [-0.3, -0.25) is 0 Å². The maximum Gasteiger partial charge on any atom is 0.107 e. The number of aliphatic hydroxyl groups excluding tert-OH is 1. The van der Waals surface area contributed by atoms with Gasteiger partial charge < -0.3 is 9.84 Å². The number of benzene rings is 1. The molecular weight excluding hydrogens is 176 g/mol. The standard InChI is InChI=1S/C12H14O2/c13-9-12-11(14-12)8-4-7-10-5-2-1-3-6-10/h1-7,11-13H,8-9H2/b7-4+/t11-,12-/m0/s1. The first kappa shape index (κ1) is 9.44. The van der Waals surface area contributed by atoms with E-state index < -0.39 is 0 Å². The predicted octanol–water partition coefficient (Wildman–Crippen LogP) is 1.85. The molecule has 0 spiro atoms. The van der Waals surface area contributed by atoms with Gasteiger partial charge in [-0.1, -0.05) is 42.5 Å². The van der Waals surface area contributed by atoms with Crippen molar-refractivity contribution >= 4 is 6.08 Å². The summed E-state index contributed by atoms with van der Waals surface area (Å²) in [7, 11) is 0. The zero-order chi connectivity index (χ0) is 9.80. The lowest BCUT2D eigenvalue weighted by molar-refractivity contribution is 0.242. The van der Waals surface area contributed by atoms with Crippen molar-refractivity contribution in [2.24, 2.45) is 0 Å². The van der Waals surface area contributed by atoms with Gasteiger partial charge in [0.05, 0.1) is 12.7 Å². The fourth-order valence-electron chi connectivity index (χ4n) is 1.45. The molecule has 74 valence electrons. The van der Waals surface area contributed by atoms with Crippen LogP contribution in [0.25, 0.3) is 6.08 Å². The lowest BCUT2D eigenvalue weighted by Crippen LogP contribution is -1.97. The van der Waals surface area contributed by atoms with Crippen LogP contribution in [0.1, 0.15) is 12.0 Å². The first-order chi connectivity index (χ1) is 6.90. The third-order valence-corrected chi connectivity index (χ3v) is 2.35. The van der Waals surface area contributed by atoms with E-state index in [0.717, 1.165) is 6.42 Å². The Kier molecular flexibility index (Phi) is 2.96. The molecule has 1 N–H and O–H groups in total. The van der Waals surface area contributed by atoms with Crippen LogP contribution in [-0.4, -0.2) is 23.9 Å². The highest BCUT2D eigenvalue weighted by molar-refractivity contribution is 5.48. The molecule has 1 heterocycles. The summed E-state index contributed by atoms with van der Waals surface area (Å²) < 4.78 is 5.20. The van der Waals surface area contributed by atoms with Crippen molar-refractivity contribution in [3.63, 3.8) is 0 Å². The highest BCUT2D eigenvalue weighted by Gasteiger charge is 2.36. The summed E-state index contributed by atoms with van der Waals surface area (Å²) in [5.41, 5.74) is 1.20. The smallest absolute Gasteiger partial charge is 0.107 e. The van der Waals surface area contributed by atoms with Crippen molar-refractivity contribution in [1.29, 1.82) is 0 Å². The molecule has 2 atom stereocenters. The molecule has 14 heavy (non-hydrogen) atoms. The molecule has 1 aliphatic rings. The van der Waals surface area contributed by atoms with Gasteiger partial charge in [-0.25, -0.2) is 0 Å². The van der Waals surface area contributed by atoms with Crippen LogP contribution in [0.4, 0.5) is 0 Å². The van der Waals surface area contributed by atoms with Gasteiger partial charge >= 0.3 is 0 Å². The summed E-state index contributed by atoms with van der Waals surface area (Å²) in [5, 5.41) is 8.74. The summed E-state index contributed by atoms with van der Waals surface area (Å²) in [6.07, 6.45) is 5.38. The van der Waals surface area contributed by atoms with E-state index in [0.29, 0.717) is 0 Å². The highest BCUT2D eigenvalue weighted by atomic mass is 16.6. The number of aliphatic hydroxyl groups is 1. The molecule has 1 aromatic carbocycles. The SMILES string of the molecule is OC[C@@H]1O[C@H]1C/C=C/c1ccccc1. The van der Waals surface area contributed by atoms with Gasteiger partial charge in [0, 0.05) is 0 Å². The van der Waals surface area contributed by atoms with E-state index in [2.05, 4.69) is 24.3 Å². The van der Waals surface area contributed by atoms with E-state index in [1.54, 1.807) is 0 Å². The van der Waals surface area contributed by atoms with Crippen molar-refractivity contribution in [2.75, 3.05) is 6.61 Å². The lowest BCUT2D eigenvalue weighted by atomic mass is 10.2. The van der Waals surface area contributed by atoms with Gasteiger partial charge in [-0.2, -0.15) is 0 Å². The lowest BCUT2D eigenvalue weighted by Gasteiger charge is -1.90. The first-order valence-electron chi connectivity index (χ1n) is 4.88. The van der Waals surface area contributed by atoms with Crippen LogP contribution in [-0.2, 0) is 4.74 Å². The largest absolute Gasteiger partial charge is 0.394 e. The van der Waals surface area contributed by atoms with E-state index in [-0.39, 0.29) is 18.8 Å². The van der Waals surface area contributed by atoms with Gasteiger partial charge in [0.15, 0.2) is 0 Å². The van der Waals surface area contributed by atoms with Crippen LogP contribution in [0.3, 0.4) is 0 Å². The molecule has 2 heteroatoms. The fraction of sp³-hybridized carbons (Fsp3) is 0.333. The van der Waals surface area contributed by atoms with E-state index in [1.165, 1.54) is 5.56 Å². The second kappa shape index (κ2) is 4.40. The second-order valence-corrected chi connectivity index (χ2v) is 3.44. The number of ether oxygens (including phenoxy) is 1. The van der Waals surface area contributed by atoms with E-state index >= 15 is 0 Å². The number of hydrogen-bond donors (Lipinski definition) is 1. The second-order valence-electron chi connectivity index (χ2n) is 3.44. The van der Waals surface area contributed by atoms with Crippen LogP contribution in [0.15, 0.2) is 36.4 Å². The van der Waals surface area contributed by atoms with E-state index in [1.807, 2.05) is 18.2 Å². The third-order valence-electron chi connectivity index (χ3n) is 2.35. The Bertz CT molecular complexity index is 305. The van der Waals surface area contributed by atoms with Crippen molar-refractivity contribution in [1.82, 2.24) is 0 Å². The average molecular weight is 190 g/mol. The van der Waals surface area contributed by atoms with Gasteiger partial charge in [0.1, 0.15) is 6.10 Å². The highest BCUT2D eigenvalue weighted by Crippen LogP contribution is 2.25. The van der Waals surface area contributed by atoms with Crippen LogP contribution >= 0.6 is 0 Å². The van der Waals surface area contributed by atoms with Crippen LogP contribution in [0, 0.1) is 0 Å². The molecule has 0 aliphatic carbocycles. The molecule has 1 aliphatic heterocycles. The van der Waals surface area contributed by atoms with Crippen LogP contribution < -0.4 is 0 Å². The quantitative estimate of drug-likeness (QED) is 0.735. The minimum Gasteiger partial charge on any atom is -0.394 e. The summed E-state index contributed by atoms with van der Waals surface area (Å²) in [6, 6.07) is 10.2. The molecule has 1 aromatic rings. The summed E-state index contributed by atoms with van der Waals surface area (Å²) in [6.45, 7) is 0.143. The van der Waals surface area contributed by atoms with Gasteiger partial charge in [-0.15, -0.1) is 0 Å². The third kappa shape index (κ3) is 2.44. The molecule has 0 aromatic heterocycles. The monoisotopic (exact) mass is 190 g/mol. The molecule has 1 saturated heterocycles. The van der Waals surface area contributed by atoms with Crippen molar-refractivity contribution in [2.45, 2.75) is 18.6 Å². The Labute approximate surface area is 83.8 Å². The minimum absolute atomic E-state index is 0.0791. The summed E-state index contributed by atoms with van der Waals surface area (Å²) in [5.74, 6) is 0. The first-order valence-corrected chi connectivity index (χ1v) is 4.88. The fourth-order valence-corrected chi connectivity index (χ4v) is 1.45. The van der Waals surface area contributed by atoms with Crippen molar-refractivity contribution in [3.05, 3.63) is 42.0 Å². The zero-order valence-electron chi connectivity index (χ0n) is 7.97. The van der Waals surface area contributed by atoms with Gasteiger partial charge in [0.25, 0.3) is 0 Å². The number of hydrogen-bond acceptors (Lipinski definition) is 2. The summed E-state index contributed by atoms with van der Waals surface area (Å²) >= 11 is 0. The van der Waals surface area contributed by atoms with Crippen molar-refractivity contribution in [3.8, 4) is 0 Å². The summed E-state index contributed by atoms with van der Waals surface area (Å²) in [4.78, 5) is 0. The maximum atomic E-state index is 8.74. The molecular formula is C12H14O2. The molecule has 2 rings (SSSR count). The Hall–Kier alpha value is -1.12. The molecule has 2 nitrogen and oxygen atoms in total. The molecule has 0 bridgehead atoms. The normalized spacial score (nSPS) is 25.5. The Morgan fingerprint density at radius 2 is 2.00 bits per heavy atom. The molecule has 0 amide bonds. The zero-order valence-corrected chi connectivity index (χ0v) is 7.97. The Morgan fingerprint density at radius 3 is 2.64 bits per heavy atom. The minimum atomic E-state index is 0.0791. The molecule has 0 unspecified atom stereocenters. The number of rotatable bonds is 4. The van der Waals surface area contributed by atoms with Gasteiger partial charge in [-0.05, 0) is 12.0 Å². The predicted molar refractivity (Wildman–Crippen MR) is 55.8 cm³/mol. The topological polar surface area (TPSA) is 32.8 Å². The Morgan fingerprint density at radius 1 is 1.21 bits per heavy atom.